The van der Waals surface area contributed by atoms with Gasteiger partial charge in [0.05, 0.1) is 0 Å². The number of allylic oxidation sites excluding steroid dienone is 4. The van der Waals surface area contributed by atoms with Crippen molar-refractivity contribution in [1.29, 1.82) is 0 Å². The van der Waals surface area contributed by atoms with Gasteiger partial charge in [0.2, 0.25) is 0 Å². The molecular formula is C32H56N2. The Kier molecular flexibility index (Phi) is 10.6. The molecule has 0 heterocycles. The smallest absolute Gasteiger partial charge is 0.00670 e. The predicted molar refractivity (Wildman–Crippen MR) is 147 cm³/mol. The quantitative estimate of drug-likeness (QED) is 0.251. The van der Waals surface area contributed by atoms with Crippen molar-refractivity contribution in [3.05, 3.63) is 23.8 Å². The molecule has 4 atom stereocenters. The van der Waals surface area contributed by atoms with E-state index in [0.29, 0.717) is 6.04 Å². The standard InChI is InChI=1S/C32H56N2/c1-2-5-32(34)31-21-19-30(20-22-31)29-17-15-28(16-18-29)27-13-11-26(12-14-27)25-9-7-24(8-10-25)6-3-4-23-33/h7,9,15,24-27,29-32H,2-6,8,10-14,16-23,33-34H2,1H3/t24?,25?,26?,27?,29-,30?,31?,32+/m0/s1. The van der Waals surface area contributed by atoms with Crippen molar-refractivity contribution in [3.8, 4) is 0 Å². The summed E-state index contributed by atoms with van der Waals surface area (Å²) in [6, 6.07) is 0.464. The Labute approximate surface area is 211 Å². The lowest BCUT2D eigenvalue weighted by Gasteiger charge is -2.39. The van der Waals surface area contributed by atoms with Gasteiger partial charge in [0, 0.05) is 6.04 Å². The van der Waals surface area contributed by atoms with Crippen molar-refractivity contribution < 1.29 is 0 Å². The SMILES string of the molecule is CCC[C@@H](N)C1CCC([C@H]2CC=C(C3CCC(C4C=CC(CCCCN)CC4)CC3)CC2)CC1. The maximum absolute atomic E-state index is 6.45. The topological polar surface area (TPSA) is 52.0 Å². The third kappa shape index (κ3) is 7.22. The van der Waals surface area contributed by atoms with Crippen molar-refractivity contribution >= 4 is 0 Å². The first-order chi connectivity index (χ1) is 16.7. The molecule has 0 aromatic carbocycles. The number of hydrogen-bond acceptors (Lipinski definition) is 2. The summed E-state index contributed by atoms with van der Waals surface area (Å²) >= 11 is 0. The summed E-state index contributed by atoms with van der Waals surface area (Å²) in [5.74, 6) is 6.34. The third-order valence-electron chi connectivity index (χ3n) is 10.6. The number of nitrogens with two attached hydrogens (primary N) is 2. The first-order valence-electron chi connectivity index (χ1n) is 15.5. The molecule has 4 aliphatic carbocycles. The molecule has 0 radical (unpaired) electrons. The average Bonchev–Trinajstić information content (AvgIpc) is 2.90. The fourth-order valence-electron chi connectivity index (χ4n) is 8.29. The van der Waals surface area contributed by atoms with Gasteiger partial charge < -0.3 is 11.5 Å². The lowest BCUT2D eigenvalue weighted by atomic mass is 9.66. The molecule has 2 unspecified atom stereocenters. The van der Waals surface area contributed by atoms with Gasteiger partial charge in [0.15, 0.2) is 0 Å². The van der Waals surface area contributed by atoms with Gasteiger partial charge in [-0.25, -0.2) is 0 Å². The first kappa shape index (κ1) is 26.5. The first-order valence-corrected chi connectivity index (χ1v) is 15.5. The van der Waals surface area contributed by atoms with E-state index in [1.165, 1.54) is 116 Å². The normalized spacial score (nSPS) is 37.9. The number of unbranched alkanes of at least 4 members (excludes halogenated alkanes) is 1. The molecule has 2 heteroatoms. The van der Waals surface area contributed by atoms with Crippen LogP contribution in [0.5, 0.6) is 0 Å². The fourth-order valence-corrected chi connectivity index (χ4v) is 8.29. The largest absolute Gasteiger partial charge is 0.330 e. The van der Waals surface area contributed by atoms with Gasteiger partial charge in [-0.05, 0) is 151 Å². The molecule has 0 saturated heterocycles. The van der Waals surface area contributed by atoms with E-state index in [1.807, 2.05) is 5.57 Å². The van der Waals surface area contributed by atoms with Gasteiger partial charge in [0.1, 0.15) is 0 Å². The van der Waals surface area contributed by atoms with Gasteiger partial charge in [-0.3, -0.25) is 0 Å². The molecule has 2 saturated carbocycles. The second kappa shape index (κ2) is 13.6. The van der Waals surface area contributed by atoms with E-state index >= 15 is 0 Å². The van der Waals surface area contributed by atoms with E-state index in [-0.39, 0.29) is 0 Å². The van der Waals surface area contributed by atoms with Crippen LogP contribution in [-0.4, -0.2) is 12.6 Å². The molecule has 2 fully saturated rings. The molecule has 0 bridgehead atoms. The van der Waals surface area contributed by atoms with E-state index in [9.17, 15) is 0 Å². The minimum Gasteiger partial charge on any atom is -0.330 e. The Balaban J connectivity index is 1.16. The van der Waals surface area contributed by atoms with Crippen LogP contribution in [0.3, 0.4) is 0 Å². The van der Waals surface area contributed by atoms with Crippen LogP contribution in [0.4, 0.5) is 0 Å². The minimum atomic E-state index is 0.464. The number of hydrogen-bond donors (Lipinski definition) is 2. The van der Waals surface area contributed by atoms with Crippen LogP contribution in [-0.2, 0) is 0 Å². The Hall–Kier alpha value is -0.600. The molecule has 0 spiro atoms. The zero-order valence-corrected chi connectivity index (χ0v) is 22.4. The third-order valence-corrected chi connectivity index (χ3v) is 10.6. The molecule has 0 aromatic heterocycles. The van der Waals surface area contributed by atoms with Gasteiger partial charge in [-0.1, -0.05) is 43.6 Å². The van der Waals surface area contributed by atoms with E-state index < -0.39 is 0 Å². The summed E-state index contributed by atoms with van der Waals surface area (Å²) in [5, 5.41) is 0. The van der Waals surface area contributed by atoms with Crippen molar-refractivity contribution in [1.82, 2.24) is 0 Å². The summed E-state index contributed by atoms with van der Waals surface area (Å²) in [4.78, 5) is 0. The fraction of sp³-hybridized carbons (Fsp3) is 0.875. The highest BCUT2D eigenvalue weighted by molar-refractivity contribution is 5.13. The Morgan fingerprint density at radius 3 is 2.21 bits per heavy atom. The zero-order valence-electron chi connectivity index (χ0n) is 22.4. The van der Waals surface area contributed by atoms with Crippen LogP contribution in [0.2, 0.25) is 0 Å². The highest BCUT2D eigenvalue weighted by Gasteiger charge is 2.33. The highest BCUT2D eigenvalue weighted by Crippen LogP contribution is 2.45. The molecule has 4 rings (SSSR count). The van der Waals surface area contributed by atoms with Crippen LogP contribution in [0.25, 0.3) is 0 Å². The molecule has 34 heavy (non-hydrogen) atoms. The molecule has 0 aliphatic heterocycles. The van der Waals surface area contributed by atoms with Crippen LogP contribution in [0.15, 0.2) is 23.8 Å². The zero-order chi connectivity index (χ0) is 23.8. The molecule has 0 amide bonds. The minimum absolute atomic E-state index is 0.464. The molecule has 0 aromatic rings. The Morgan fingerprint density at radius 1 is 0.824 bits per heavy atom. The van der Waals surface area contributed by atoms with Crippen LogP contribution in [0, 0.1) is 41.4 Å². The molecular weight excluding hydrogens is 412 g/mol. The van der Waals surface area contributed by atoms with Crippen molar-refractivity contribution in [2.75, 3.05) is 6.54 Å². The van der Waals surface area contributed by atoms with Gasteiger partial charge in [0.25, 0.3) is 0 Å². The second-order valence-corrected chi connectivity index (χ2v) is 12.7. The summed E-state index contributed by atoms with van der Waals surface area (Å²) in [6.07, 6.45) is 32.9. The van der Waals surface area contributed by atoms with E-state index in [2.05, 4.69) is 25.2 Å². The number of rotatable bonds is 10. The molecule has 4 aliphatic rings. The summed E-state index contributed by atoms with van der Waals surface area (Å²) < 4.78 is 0. The van der Waals surface area contributed by atoms with Crippen molar-refractivity contribution in [3.63, 3.8) is 0 Å². The molecule has 194 valence electrons. The maximum Gasteiger partial charge on any atom is 0.00670 e. The lowest BCUT2D eigenvalue weighted by Crippen LogP contribution is -2.34. The Morgan fingerprint density at radius 2 is 1.59 bits per heavy atom. The molecule has 2 nitrogen and oxygen atoms in total. The molecule has 4 N–H and O–H groups in total. The van der Waals surface area contributed by atoms with Crippen LogP contribution >= 0.6 is 0 Å². The van der Waals surface area contributed by atoms with Crippen molar-refractivity contribution in [2.45, 2.75) is 129 Å². The van der Waals surface area contributed by atoms with Crippen LogP contribution in [0.1, 0.15) is 122 Å². The van der Waals surface area contributed by atoms with Gasteiger partial charge in [-0.2, -0.15) is 0 Å². The Bertz CT molecular complexity index is 635. The maximum atomic E-state index is 6.45. The summed E-state index contributed by atoms with van der Waals surface area (Å²) in [6.45, 7) is 3.13. The summed E-state index contributed by atoms with van der Waals surface area (Å²) in [7, 11) is 0. The van der Waals surface area contributed by atoms with Crippen molar-refractivity contribution in [2.24, 2.45) is 52.9 Å². The monoisotopic (exact) mass is 468 g/mol. The predicted octanol–water partition coefficient (Wildman–Crippen LogP) is 8.16. The summed E-state index contributed by atoms with van der Waals surface area (Å²) in [5.41, 5.74) is 14.0. The average molecular weight is 469 g/mol. The second-order valence-electron chi connectivity index (χ2n) is 12.7. The van der Waals surface area contributed by atoms with E-state index in [1.54, 1.807) is 0 Å². The van der Waals surface area contributed by atoms with Gasteiger partial charge in [-0.15, -0.1) is 0 Å². The van der Waals surface area contributed by atoms with Crippen LogP contribution < -0.4 is 11.5 Å². The lowest BCUT2D eigenvalue weighted by molar-refractivity contribution is 0.170. The van der Waals surface area contributed by atoms with E-state index in [4.69, 9.17) is 11.5 Å². The highest BCUT2D eigenvalue weighted by atomic mass is 14.6. The van der Waals surface area contributed by atoms with Gasteiger partial charge >= 0.3 is 0 Å². The van der Waals surface area contributed by atoms with E-state index in [0.717, 1.165) is 48.0 Å².